The fourth-order valence-corrected chi connectivity index (χ4v) is 0. The molecule has 0 fully saturated rings. The van der Waals surface area contributed by atoms with Crippen LogP contribution in [0.15, 0.2) is 0 Å². The van der Waals surface area contributed by atoms with E-state index in [9.17, 15) is 0 Å². The van der Waals surface area contributed by atoms with E-state index in [1.165, 1.54) is 0 Å². The Bertz CT molecular complexity index is 30.7. The van der Waals surface area contributed by atoms with Crippen molar-refractivity contribution < 1.29 is 0 Å². The highest BCUT2D eigenvalue weighted by Gasteiger charge is 1.01. The molecule has 6 heteroatoms. The van der Waals surface area contributed by atoms with Gasteiger partial charge in [-0.2, -0.15) is 53.1 Å². The van der Waals surface area contributed by atoms with E-state index >= 15 is 0 Å². The molecule has 0 bridgehead atoms. The van der Waals surface area contributed by atoms with Gasteiger partial charge in [0.05, 0.1) is 0 Å². The number of rotatable bonds is 0. The number of hydrogen-bond acceptors (Lipinski definition) is 3. The molecule has 70 valence electrons. The van der Waals surface area contributed by atoms with Crippen molar-refractivity contribution in [2.75, 3.05) is 6.26 Å². The van der Waals surface area contributed by atoms with E-state index in [-0.39, 0.29) is 55.3 Å². The lowest BCUT2D eigenvalue weighted by atomic mass is 12.0. The smallest absolute Gasteiger partial charge is 0.0297 e. The lowest BCUT2D eigenvalue weighted by Gasteiger charge is -1.11. The molecule has 0 aliphatic heterocycles. The van der Waals surface area contributed by atoms with Gasteiger partial charge in [0.25, 0.3) is 0 Å². The Morgan fingerprint density at radius 2 is 0.900 bits per heavy atom. The quantitative estimate of drug-likeness (QED) is 0.523. The number of hydrogen-bond donors (Lipinski definition) is 1. The van der Waals surface area contributed by atoms with Crippen molar-refractivity contribution in [1.82, 2.24) is 0 Å². The van der Waals surface area contributed by atoms with Gasteiger partial charge in [-0.1, -0.05) is 14.9 Å². The van der Waals surface area contributed by atoms with Crippen LogP contribution >= 0.6 is 77.6 Å². The summed E-state index contributed by atoms with van der Waals surface area (Å²) in [6, 6.07) is 0. The van der Waals surface area contributed by atoms with E-state index in [2.05, 4.69) is 37.1 Å². The van der Waals surface area contributed by atoms with Crippen molar-refractivity contribution in [3.63, 3.8) is 0 Å². The molecule has 0 heterocycles. The molecule has 0 N–H and O–H groups in total. The Hall–Kier alpha value is 1.62. The molecule has 0 aromatic rings. The topological polar surface area (TPSA) is 0 Å². The highest BCUT2D eigenvalue weighted by molar-refractivity contribution is 7.93. The van der Waals surface area contributed by atoms with Crippen molar-refractivity contribution >= 4 is 81.9 Å². The minimum atomic E-state index is 0. The lowest BCUT2D eigenvalue weighted by Crippen LogP contribution is -0.917. The van der Waals surface area contributed by atoms with Gasteiger partial charge in [0.2, 0.25) is 0 Å². The summed E-state index contributed by atoms with van der Waals surface area (Å²) in [5.74, 6) is 0. The predicted octanol–water partition coefficient (Wildman–Crippen LogP) is 3.17. The third-order valence-electron chi connectivity index (χ3n) is 0. The first-order valence-corrected chi connectivity index (χ1v) is 2.57. The summed E-state index contributed by atoms with van der Waals surface area (Å²) >= 11 is 11.4. The molecular formula is C4H18S6. The minimum absolute atomic E-state index is 0. The largest absolute Gasteiger partial charge is 0.197 e. The highest BCUT2D eigenvalue weighted by atomic mass is 32.1. The Morgan fingerprint density at radius 3 is 0.900 bits per heavy atom. The molecule has 0 aliphatic carbocycles. The highest BCUT2D eigenvalue weighted by Crippen LogP contribution is 1.31. The maximum atomic E-state index is 3.96. The molecule has 0 radical (unpaired) electrons. The summed E-state index contributed by atoms with van der Waals surface area (Å²) in [7, 11) is 0. The van der Waals surface area contributed by atoms with Crippen LogP contribution in [0.1, 0.15) is 14.9 Å². The average Bonchev–Trinajstić information content (AvgIpc) is 1.46. The Morgan fingerprint density at radius 1 is 0.900 bits per heavy atom. The Labute approximate surface area is 102 Å². The fourth-order valence-electron chi connectivity index (χ4n) is 0. The van der Waals surface area contributed by atoms with Crippen LogP contribution in [0.5, 0.6) is 0 Å². The van der Waals surface area contributed by atoms with Gasteiger partial charge < -0.3 is 0 Å². The Kier molecular flexibility index (Phi) is 879. The molecule has 0 saturated carbocycles. The second kappa shape index (κ2) is 143. The average molecular weight is 259 g/mol. The molecule has 0 unspecified atom stereocenters. The van der Waals surface area contributed by atoms with Gasteiger partial charge in [0.15, 0.2) is 0 Å². The van der Waals surface area contributed by atoms with Crippen LogP contribution in [0.25, 0.3) is 0 Å². The zero-order valence-corrected chi connectivity index (χ0v) is 9.79. The zero-order valence-electron chi connectivity index (χ0n) is 4.26. The van der Waals surface area contributed by atoms with Gasteiger partial charge in [0, 0.05) is 4.31 Å². The first kappa shape index (κ1) is 61.4. The SMILES string of the molecule is C.C.CS.S.S.S.S=C=S. The van der Waals surface area contributed by atoms with Gasteiger partial charge in [-0.05, 0) is 30.7 Å². The van der Waals surface area contributed by atoms with Gasteiger partial charge in [0.1, 0.15) is 0 Å². The zero-order chi connectivity index (χ0) is 4.71. The summed E-state index contributed by atoms with van der Waals surface area (Å²) in [4.78, 5) is 0. The van der Waals surface area contributed by atoms with E-state index in [0.29, 0.717) is 0 Å². The third kappa shape index (κ3) is 272. The van der Waals surface area contributed by atoms with Gasteiger partial charge in [-0.15, -0.1) is 0 Å². The predicted molar refractivity (Wildman–Crippen MR) is 79.7 cm³/mol. The fraction of sp³-hybridized carbons (Fsp3) is 0.750. The second-order valence-electron chi connectivity index (χ2n) is 0.0833. The van der Waals surface area contributed by atoms with Crippen LogP contribution in [0.4, 0.5) is 0 Å². The van der Waals surface area contributed by atoms with E-state index in [1.54, 1.807) is 6.26 Å². The van der Waals surface area contributed by atoms with Crippen LogP contribution in [0, 0.1) is 0 Å². The summed E-state index contributed by atoms with van der Waals surface area (Å²) in [6.45, 7) is 0. The van der Waals surface area contributed by atoms with E-state index < -0.39 is 0 Å². The van der Waals surface area contributed by atoms with Crippen LogP contribution in [0.3, 0.4) is 0 Å². The molecular weight excluding hydrogens is 240 g/mol. The van der Waals surface area contributed by atoms with Crippen molar-refractivity contribution in [2.45, 2.75) is 14.9 Å². The maximum absolute atomic E-state index is 3.96. The molecule has 0 spiro atoms. The number of thiol groups is 1. The van der Waals surface area contributed by atoms with Crippen molar-refractivity contribution in [3.8, 4) is 0 Å². The van der Waals surface area contributed by atoms with Crippen molar-refractivity contribution in [1.29, 1.82) is 0 Å². The third-order valence-corrected chi connectivity index (χ3v) is 0. The molecule has 0 aromatic heterocycles. The van der Waals surface area contributed by atoms with Gasteiger partial charge in [-0.25, -0.2) is 0 Å². The van der Waals surface area contributed by atoms with Crippen LogP contribution < -0.4 is 0 Å². The first-order valence-electron chi connectivity index (χ1n) is 0.855. The lowest BCUT2D eigenvalue weighted by molar-refractivity contribution is 2.50. The summed E-state index contributed by atoms with van der Waals surface area (Å²) in [5.41, 5.74) is 0. The molecule has 0 aromatic carbocycles. The van der Waals surface area contributed by atoms with Crippen LogP contribution in [-0.2, 0) is 0 Å². The van der Waals surface area contributed by atoms with Crippen LogP contribution in [-0.4, -0.2) is 10.6 Å². The van der Waals surface area contributed by atoms with Crippen molar-refractivity contribution in [3.05, 3.63) is 0 Å². The standard InChI is InChI=1S/CS2.CH4S.2CH4.3H2S/c2-1-3;1-2;;;;;/h;2H,1H3;2*1H4;3*1H2. The van der Waals surface area contributed by atoms with Crippen LogP contribution in [0.2, 0.25) is 0 Å². The molecule has 10 heavy (non-hydrogen) atoms. The summed E-state index contributed by atoms with van der Waals surface area (Å²) in [6.07, 6.45) is 1.69. The monoisotopic (exact) mass is 258 g/mol. The summed E-state index contributed by atoms with van der Waals surface area (Å²) < 4.78 is 1.92. The molecule has 0 nitrogen and oxygen atoms in total. The second-order valence-corrected chi connectivity index (χ2v) is 0.750. The molecule has 0 atom stereocenters. The van der Waals surface area contributed by atoms with E-state index in [1.807, 2.05) is 4.31 Å². The molecule has 0 saturated heterocycles. The molecule has 0 rings (SSSR count). The normalized spacial score (nSPS) is 1.40. The Balaban J connectivity index is -0.00000000246. The van der Waals surface area contributed by atoms with E-state index in [0.717, 1.165) is 0 Å². The molecule has 0 amide bonds. The first-order chi connectivity index (χ1) is 2.41. The molecule has 0 aliphatic rings. The van der Waals surface area contributed by atoms with Gasteiger partial charge >= 0.3 is 0 Å². The summed E-state index contributed by atoms with van der Waals surface area (Å²) in [5, 5.41) is 0. The van der Waals surface area contributed by atoms with Gasteiger partial charge in [-0.3, -0.25) is 0 Å². The van der Waals surface area contributed by atoms with Crippen molar-refractivity contribution in [2.24, 2.45) is 0 Å². The number of thiocarbonyl (C=S) groups is 2. The van der Waals surface area contributed by atoms with E-state index in [4.69, 9.17) is 0 Å². The minimum Gasteiger partial charge on any atom is -0.197 e. The maximum Gasteiger partial charge on any atom is 0.0297 e.